The van der Waals surface area contributed by atoms with Crippen LogP contribution >= 0.6 is 0 Å². The monoisotopic (exact) mass is 488 g/mol. The highest BCUT2D eigenvalue weighted by atomic mass is 16.5. The largest absolute Gasteiger partial charge is 0.497 e. The molecule has 0 spiro atoms. The van der Waals surface area contributed by atoms with Gasteiger partial charge in [-0.2, -0.15) is 5.10 Å². The van der Waals surface area contributed by atoms with E-state index >= 15 is 0 Å². The predicted molar refractivity (Wildman–Crippen MR) is 140 cm³/mol. The van der Waals surface area contributed by atoms with Crippen LogP contribution in [0.3, 0.4) is 0 Å². The molecule has 1 atom stereocenters. The zero-order valence-corrected chi connectivity index (χ0v) is 21.6. The molecule has 0 fully saturated rings. The summed E-state index contributed by atoms with van der Waals surface area (Å²) in [6.45, 7) is 7.63. The van der Waals surface area contributed by atoms with Crippen molar-refractivity contribution in [1.82, 2.24) is 19.7 Å². The molecule has 0 aliphatic rings. The third-order valence-corrected chi connectivity index (χ3v) is 6.46. The quantitative estimate of drug-likeness (QED) is 0.400. The second-order valence-electron chi connectivity index (χ2n) is 8.86. The van der Waals surface area contributed by atoms with Crippen molar-refractivity contribution in [3.8, 4) is 17.2 Å². The number of amides is 1. The SMILES string of the molecule is CCc1ccc(-n2nc(C)c3c(C)cc(=O)n(CC(=O)NC(C)c4cc(OC)ccc4OC)c32)cc1. The van der Waals surface area contributed by atoms with E-state index in [2.05, 4.69) is 12.2 Å². The molecule has 4 aromatic rings. The average Bonchev–Trinajstić information content (AvgIpc) is 3.23. The molecule has 2 aromatic heterocycles. The van der Waals surface area contributed by atoms with Gasteiger partial charge in [0.15, 0.2) is 0 Å². The number of nitrogens with one attached hydrogen (secondary N) is 1. The predicted octanol–water partition coefficient (Wildman–Crippen LogP) is 4.26. The number of carbonyl (C=O) groups excluding carboxylic acids is 1. The van der Waals surface area contributed by atoms with Gasteiger partial charge in [-0.05, 0) is 68.7 Å². The molecule has 2 heterocycles. The average molecular weight is 489 g/mol. The summed E-state index contributed by atoms with van der Waals surface area (Å²) in [5, 5.41) is 8.59. The number of nitrogens with zero attached hydrogens (tertiary/aromatic N) is 3. The summed E-state index contributed by atoms with van der Waals surface area (Å²) in [7, 11) is 3.17. The minimum Gasteiger partial charge on any atom is -0.497 e. The molecule has 0 saturated carbocycles. The van der Waals surface area contributed by atoms with Gasteiger partial charge in [0.2, 0.25) is 5.91 Å². The van der Waals surface area contributed by atoms with Crippen LogP contribution in [0.25, 0.3) is 16.7 Å². The Morgan fingerprint density at radius 3 is 2.42 bits per heavy atom. The number of pyridine rings is 1. The first-order valence-electron chi connectivity index (χ1n) is 12.0. The van der Waals surface area contributed by atoms with E-state index in [9.17, 15) is 9.59 Å². The number of aromatic nitrogens is 3. The standard InChI is InChI=1S/C28H32N4O4/c1-7-20-8-10-21(11-9-20)32-28-27(19(4)30-32)17(2)14-26(34)31(28)16-25(33)29-18(3)23-15-22(35-5)12-13-24(23)36-6/h8-15,18H,7,16H2,1-6H3,(H,29,33). The Bertz CT molecular complexity index is 1470. The van der Waals surface area contributed by atoms with Gasteiger partial charge in [-0.1, -0.05) is 19.1 Å². The van der Waals surface area contributed by atoms with Crippen LogP contribution in [0.5, 0.6) is 11.5 Å². The molecule has 2 aromatic carbocycles. The van der Waals surface area contributed by atoms with Gasteiger partial charge in [0.1, 0.15) is 23.7 Å². The first kappa shape index (κ1) is 25.0. The van der Waals surface area contributed by atoms with Gasteiger partial charge < -0.3 is 14.8 Å². The van der Waals surface area contributed by atoms with E-state index in [0.29, 0.717) is 17.1 Å². The summed E-state index contributed by atoms with van der Waals surface area (Å²) < 4.78 is 14.0. The van der Waals surface area contributed by atoms with E-state index in [1.54, 1.807) is 37.1 Å². The molecule has 0 radical (unpaired) electrons. The molecule has 0 bridgehead atoms. The number of fused-ring (bicyclic) bond motifs is 1. The van der Waals surface area contributed by atoms with E-state index in [1.165, 1.54) is 10.1 Å². The molecular formula is C28H32N4O4. The summed E-state index contributed by atoms with van der Waals surface area (Å²) in [6, 6.07) is 14.7. The molecule has 8 nitrogen and oxygen atoms in total. The summed E-state index contributed by atoms with van der Waals surface area (Å²) in [4.78, 5) is 26.3. The molecule has 1 N–H and O–H groups in total. The number of hydrogen-bond donors (Lipinski definition) is 1. The Balaban J connectivity index is 1.72. The van der Waals surface area contributed by atoms with Crippen LogP contribution in [-0.4, -0.2) is 34.5 Å². The molecule has 4 rings (SSSR count). The minimum atomic E-state index is -0.368. The van der Waals surface area contributed by atoms with Gasteiger partial charge >= 0.3 is 0 Å². The van der Waals surface area contributed by atoms with E-state index in [1.807, 2.05) is 51.1 Å². The zero-order valence-electron chi connectivity index (χ0n) is 21.6. The number of aryl methyl sites for hydroxylation is 3. The van der Waals surface area contributed by atoms with Crippen molar-refractivity contribution in [3.63, 3.8) is 0 Å². The molecule has 1 amide bonds. The molecule has 1 unspecified atom stereocenters. The second kappa shape index (κ2) is 10.3. The number of rotatable bonds is 8. The van der Waals surface area contributed by atoms with Crippen LogP contribution < -0.4 is 20.3 Å². The Labute approximate surface area is 210 Å². The van der Waals surface area contributed by atoms with Gasteiger partial charge in [-0.25, -0.2) is 4.68 Å². The van der Waals surface area contributed by atoms with Gasteiger partial charge in [-0.3, -0.25) is 14.2 Å². The topological polar surface area (TPSA) is 87.4 Å². The molecule has 188 valence electrons. The van der Waals surface area contributed by atoms with Gasteiger partial charge in [-0.15, -0.1) is 0 Å². The molecule has 0 aliphatic heterocycles. The number of ether oxygens (including phenoxy) is 2. The Morgan fingerprint density at radius 1 is 1.06 bits per heavy atom. The lowest BCUT2D eigenvalue weighted by Crippen LogP contribution is -2.34. The van der Waals surface area contributed by atoms with Gasteiger partial charge in [0.25, 0.3) is 5.56 Å². The highest BCUT2D eigenvalue weighted by molar-refractivity contribution is 5.85. The van der Waals surface area contributed by atoms with Crippen molar-refractivity contribution in [2.45, 2.75) is 46.7 Å². The molecule has 0 saturated heterocycles. The zero-order chi connectivity index (χ0) is 26.0. The van der Waals surface area contributed by atoms with E-state index in [-0.39, 0.29) is 24.1 Å². The highest BCUT2D eigenvalue weighted by Crippen LogP contribution is 2.29. The normalized spacial score (nSPS) is 11.9. The summed E-state index contributed by atoms with van der Waals surface area (Å²) in [5.41, 5.74) is 4.79. The third-order valence-electron chi connectivity index (χ3n) is 6.46. The maximum absolute atomic E-state index is 13.2. The van der Waals surface area contributed by atoms with Gasteiger partial charge in [0, 0.05) is 17.0 Å². The van der Waals surface area contributed by atoms with E-state index in [4.69, 9.17) is 14.6 Å². The molecule has 0 aliphatic carbocycles. The summed E-state index contributed by atoms with van der Waals surface area (Å²) in [6.07, 6.45) is 0.930. The fourth-order valence-electron chi connectivity index (χ4n) is 4.56. The van der Waals surface area contributed by atoms with E-state index < -0.39 is 0 Å². The van der Waals surface area contributed by atoms with Gasteiger partial charge in [0.05, 0.1) is 31.6 Å². The van der Waals surface area contributed by atoms with Crippen LogP contribution in [0.15, 0.2) is 53.3 Å². The Hall–Kier alpha value is -4.07. The maximum Gasteiger partial charge on any atom is 0.252 e. The van der Waals surface area contributed by atoms with Crippen LogP contribution in [0.4, 0.5) is 0 Å². The smallest absolute Gasteiger partial charge is 0.252 e. The first-order valence-corrected chi connectivity index (χ1v) is 12.0. The van der Waals surface area contributed by atoms with E-state index in [0.717, 1.165) is 34.3 Å². The Morgan fingerprint density at radius 2 is 1.78 bits per heavy atom. The lowest BCUT2D eigenvalue weighted by Gasteiger charge is -2.19. The second-order valence-corrected chi connectivity index (χ2v) is 8.86. The highest BCUT2D eigenvalue weighted by Gasteiger charge is 2.20. The molecule has 8 heteroatoms. The molecule has 36 heavy (non-hydrogen) atoms. The van der Waals surface area contributed by atoms with Crippen molar-refractivity contribution in [3.05, 3.63) is 81.3 Å². The minimum absolute atomic E-state index is 0.148. The molecular weight excluding hydrogens is 456 g/mol. The summed E-state index contributed by atoms with van der Waals surface area (Å²) in [5.74, 6) is 1.01. The number of hydrogen-bond acceptors (Lipinski definition) is 5. The van der Waals surface area contributed by atoms with Crippen molar-refractivity contribution in [1.29, 1.82) is 0 Å². The third kappa shape index (κ3) is 4.71. The van der Waals surface area contributed by atoms with Crippen molar-refractivity contribution < 1.29 is 14.3 Å². The van der Waals surface area contributed by atoms with Crippen LogP contribution in [0.2, 0.25) is 0 Å². The lowest BCUT2D eigenvalue weighted by atomic mass is 10.1. The fraction of sp³-hybridized carbons (Fsp3) is 0.321. The fourth-order valence-corrected chi connectivity index (χ4v) is 4.56. The van der Waals surface area contributed by atoms with Crippen LogP contribution in [0.1, 0.15) is 42.3 Å². The van der Waals surface area contributed by atoms with Crippen molar-refractivity contribution in [2.24, 2.45) is 0 Å². The van der Waals surface area contributed by atoms with Crippen LogP contribution in [0, 0.1) is 13.8 Å². The number of benzene rings is 2. The number of carbonyl (C=O) groups is 1. The maximum atomic E-state index is 13.2. The first-order chi connectivity index (χ1) is 17.3. The van der Waals surface area contributed by atoms with Crippen LogP contribution in [-0.2, 0) is 17.8 Å². The summed E-state index contributed by atoms with van der Waals surface area (Å²) >= 11 is 0. The lowest BCUT2D eigenvalue weighted by molar-refractivity contribution is -0.122. The van der Waals surface area contributed by atoms with Crippen molar-refractivity contribution >= 4 is 16.9 Å². The Kier molecular flexibility index (Phi) is 7.15. The van der Waals surface area contributed by atoms with Crippen molar-refractivity contribution in [2.75, 3.05) is 14.2 Å². The number of methoxy groups -OCH3 is 2.